The molecule has 2 aromatic rings. The zero-order valence-electron chi connectivity index (χ0n) is 12.8. The molecule has 2 N–H and O–H groups in total. The Morgan fingerprint density at radius 2 is 2.00 bits per heavy atom. The first-order valence-corrected chi connectivity index (χ1v) is 8.16. The molecule has 0 spiro atoms. The number of rotatable bonds is 4. The van der Waals surface area contributed by atoms with Crippen molar-refractivity contribution in [2.24, 2.45) is 0 Å². The molecule has 4 nitrogen and oxygen atoms in total. The zero-order chi connectivity index (χ0) is 16.1. The molecule has 0 aliphatic carbocycles. The number of benzene rings is 2. The normalized spacial score (nSPS) is 17.9. The van der Waals surface area contributed by atoms with Crippen LogP contribution in [0.5, 0.6) is 0 Å². The molecule has 1 atom stereocenters. The number of hydrogen-bond acceptors (Lipinski definition) is 2. The summed E-state index contributed by atoms with van der Waals surface area (Å²) < 4.78 is 0. The molecular formula is C18H20ClN3O. The van der Waals surface area contributed by atoms with Gasteiger partial charge in [-0.15, -0.1) is 0 Å². The van der Waals surface area contributed by atoms with Gasteiger partial charge in [-0.3, -0.25) is 4.90 Å². The molecule has 0 radical (unpaired) electrons. The monoisotopic (exact) mass is 329 g/mol. The van der Waals surface area contributed by atoms with Crippen LogP contribution in [0.4, 0.5) is 10.5 Å². The first kappa shape index (κ1) is 15.8. The van der Waals surface area contributed by atoms with Crippen LogP contribution in [0.25, 0.3) is 0 Å². The van der Waals surface area contributed by atoms with Crippen molar-refractivity contribution in [1.82, 2.24) is 10.2 Å². The van der Waals surface area contributed by atoms with E-state index in [1.165, 1.54) is 5.56 Å². The van der Waals surface area contributed by atoms with Crippen molar-refractivity contribution in [3.63, 3.8) is 0 Å². The van der Waals surface area contributed by atoms with Crippen LogP contribution in [-0.4, -0.2) is 30.1 Å². The summed E-state index contributed by atoms with van der Waals surface area (Å²) in [5.41, 5.74) is 2.01. The third-order valence-corrected chi connectivity index (χ3v) is 4.17. The molecule has 0 aromatic heterocycles. The first-order chi connectivity index (χ1) is 11.2. The maximum absolute atomic E-state index is 12.1. The molecule has 1 unspecified atom stereocenters. The number of carbonyl (C=O) groups excluding carboxylic acids is 1. The lowest BCUT2D eigenvalue weighted by Crippen LogP contribution is -2.39. The smallest absolute Gasteiger partial charge is 0.319 e. The van der Waals surface area contributed by atoms with Gasteiger partial charge in [0.05, 0.1) is 0 Å². The fourth-order valence-corrected chi connectivity index (χ4v) is 3.04. The predicted octanol–water partition coefficient (Wildman–Crippen LogP) is 3.74. The average molecular weight is 330 g/mol. The largest absolute Gasteiger partial charge is 0.334 e. The van der Waals surface area contributed by atoms with Crippen molar-refractivity contribution >= 4 is 23.3 Å². The highest BCUT2D eigenvalue weighted by Gasteiger charge is 2.23. The second-order valence-corrected chi connectivity index (χ2v) is 6.25. The maximum atomic E-state index is 12.1. The number of carbonyl (C=O) groups is 1. The molecule has 23 heavy (non-hydrogen) atoms. The van der Waals surface area contributed by atoms with Gasteiger partial charge < -0.3 is 10.6 Å². The molecule has 5 heteroatoms. The van der Waals surface area contributed by atoms with Crippen molar-refractivity contribution in [3.8, 4) is 0 Å². The van der Waals surface area contributed by atoms with Crippen LogP contribution in [0.3, 0.4) is 0 Å². The van der Waals surface area contributed by atoms with Gasteiger partial charge in [0.15, 0.2) is 0 Å². The summed E-state index contributed by atoms with van der Waals surface area (Å²) in [5, 5.41) is 6.46. The fourth-order valence-electron chi connectivity index (χ4n) is 2.85. The molecule has 0 saturated carbocycles. The summed E-state index contributed by atoms with van der Waals surface area (Å²) in [4.78, 5) is 14.4. The van der Waals surface area contributed by atoms with Gasteiger partial charge in [-0.05, 0) is 30.2 Å². The lowest BCUT2D eigenvalue weighted by molar-refractivity contribution is 0.247. The minimum absolute atomic E-state index is 0.179. The van der Waals surface area contributed by atoms with Gasteiger partial charge in [-0.25, -0.2) is 4.79 Å². The van der Waals surface area contributed by atoms with E-state index in [-0.39, 0.29) is 12.1 Å². The van der Waals surface area contributed by atoms with E-state index in [0.717, 1.165) is 26.1 Å². The highest BCUT2D eigenvalue weighted by Crippen LogP contribution is 2.16. The lowest BCUT2D eigenvalue weighted by Gasteiger charge is -2.17. The second kappa shape index (κ2) is 7.49. The molecule has 1 aliphatic rings. The second-order valence-electron chi connectivity index (χ2n) is 5.82. The Morgan fingerprint density at radius 3 is 2.78 bits per heavy atom. The Morgan fingerprint density at radius 1 is 1.17 bits per heavy atom. The Balaban J connectivity index is 1.47. The number of likely N-dealkylation sites (tertiary alicyclic amines) is 1. The van der Waals surface area contributed by atoms with Crippen molar-refractivity contribution in [2.45, 2.75) is 19.0 Å². The molecule has 1 heterocycles. The summed E-state index contributed by atoms with van der Waals surface area (Å²) in [7, 11) is 0. The zero-order valence-corrected chi connectivity index (χ0v) is 13.6. The Bertz CT molecular complexity index is 662. The number of amides is 2. The molecule has 2 amide bonds. The number of halogens is 1. The van der Waals surface area contributed by atoms with E-state index in [1.807, 2.05) is 18.2 Å². The summed E-state index contributed by atoms with van der Waals surface area (Å²) in [6, 6.07) is 17.5. The Labute approximate surface area is 141 Å². The molecule has 2 aromatic carbocycles. The fraction of sp³-hybridized carbons (Fsp3) is 0.278. The third-order valence-electron chi connectivity index (χ3n) is 3.94. The van der Waals surface area contributed by atoms with Crippen LogP contribution in [0, 0.1) is 0 Å². The van der Waals surface area contributed by atoms with Crippen LogP contribution in [0.2, 0.25) is 5.02 Å². The SMILES string of the molecule is O=C(Nc1cccc(Cl)c1)NC1CCN(Cc2ccccc2)C1. The Hall–Kier alpha value is -2.04. The van der Waals surface area contributed by atoms with Crippen LogP contribution >= 0.6 is 11.6 Å². The first-order valence-electron chi connectivity index (χ1n) is 7.78. The molecule has 120 valence electrons. The maximum Gasteiger partial charge on any atom is 0.319 e. The van der Waals surface area contributed by atoms with Crippen molar-refractivity contribution in [3.05, 3.63) is 65.2 Å². The summed E-state index contributed by atoms with van der Waals surface area (Å²) in [6.45, 7) is 2.80. The Kier molecular flexibility index (Phi) is 5.16. The summed E-state index contributed by atoms with van der Waals surface area (Å²) in [5.74, 6) is 0. The van der Waals surface area contributed by atoms with E-state index < -0.39 is 0 Å². The van der Waals surface area contributed by atoms with Crippen LogP contribution in [0.15, 0.2) is 54.6 Å². The van der Waals surface area contributed by atoms with E-state index in [0.29, 0.717) is 10.7 Å². The third kappa shape index (κ3) is 4.71. The van der Waals surface area contributed by atoms with Crippen molar-refractivity contribution < 1.29 is 4.79 Å². The standard InChI is InChI=1S/C18H20ClN3O/c19-15-7-4-8-16(11-15)20-18(23)21-17-9-10-22(13-17)12-14-5-2-1-3-6-14/h1-8,11,17H,9-10,12-13H2,(H2,20,21,23). The quantitative estimate of drug-likeness (QED) is 0.897. The lowest BCUT2D eigenvalue weighted by atomic mass is 10.2. The van der Waals surface area contributed by atoms with Crippen molar-refractivity contribution in [1.29, 1.82) is 0 Å². The number of nitrogens with one attached hydrogen (secondary N) is 2. The molecular weight excluding hydrogens is 310 g/mol. The van der Waals surface area contributed by atoms with Crippen molar-refractivity contribution in [2.75, 3.05) is 18.4 Å². The average Bonchev–Trinajstić information content (AvgIpc) is 2.95. The highest BCUT2D eigenvalue weighted by atomic mass is 35.5. The number of hydrogen-bond donors (Lipinski definition) is 2. The molecule has 1 saturated heterocycles. The summed E-state index contributed by atoms with van der Waals surface area (Å²) >= 11 is 5.92. The van der Waals surface area contributed by atoms with E-state index in [2.05, 4.69) is 39.8 Å². The summed E-state index contributed by atoms with van der Waals surface area (Å²) in [6.07, 6.45) is 0.968. The molecule has 0 bridgehead atoms. The van der Waals surface area contributed by atoms with E-state index in [1.54, 1.807) is 12.1 Å². The predicted molar refractivity (Wildman–Crippen MR) is 93.7 cm³/mol. The highest BCUT2D eigenvalue weighted by molar-refractivity contribution is 6.30. The van der Waals surface area contributed by atoms with Gasteiger partial charge in [0.2, 0.25) is 0 Å². The number of anilines is 1. The molecule has 3 rings (SSSR count). The van der Waals surface area contributed by atoms with E-state index in [4.69, 9.17) is 11.6 Å². The molecule has 1 aliphatic heterocycles. The molecule has 1 fully saturated rings. The van der Waals surface area contributed by atoms with Crippen LogP contribution in [-0.2, 0) is 6.54 Å². The number of urea groups is 1. The van der Waals surface area contributed by atoms with Gasteiger partial charge in [-0.1, -0.05) is 48.0 Å². The van der Waals surface area contributed by atoms with Gasteiger partial charge in [0, 0.05) is 36.4 Å². The van der Waals surface area contributed by atoms with Gasteiger partial charge >= 0.3 is 6.03 Å². The number of nitrogens with zero attached hydrogens (tertiary/aromatic N) is 1. The van der Waals surface area contributed by atoms with Gasteiger partial charge in [0.25, 0.3) is 0 Å². The van der Waals surface area contributed by atoms with Crippen LogP contribution < -0.4 is 10.6 Å². The minimum atomic E-state index is -0.182. The van der Waals surface area contributed by atoms with Crippen LogP contribution in [0.1, 0.15) is 12.0 Å². The topological polar surface area (TPSA) is 44.4 Å². The van der Waals surface area contributed by atoms with Gasteiger partial charge in [-0.2, -0.15) is 0 Å². The van der Waals surface area contributed by atoms with E-state index in [9.17, 15) is 4.79 Å². The van der Waals surface area contributed by atoms with Gasteiger partial charge in [0.1, 0.15) is 0 Å². The van der Waals surface area contributed by atoms with E-state index >= 15 is 0 Å². The minimum Gasteiger partial charge on any atom is -0.334 e.